The third kappa shape index (κ3) is 22.2. The third-order valence-corrected chi connectivity index (χ3v) is 17.6. The number of amides is 2. The van der Waals surface area contributed by atoms with Gasteiger partial charge in [0.1, 0.15) is 25.0 Å². The number of thiophene rings is 2. The van der Waals surface area contributed by atoms with Gasteiger partial charge >= 0.3 is 23.9 Å². The molecule has 486 valence electrons. The summed E-state index contributed by atoms with van der Waals surface area (Å²) in [5, 5.41) is 66.3. The molecule has 0 aliphatic heterocycles. The molecule has 0 saturated carbocycles. The molecule has 2 heterocycles. The Morgan fingerprint density at radius 1 is 0.557 bits per heavy atom. The topological polar surface area (TPSA) is 323 Å². The Morgan fingerprint density at radius 3 is 1.48 bits per heavy atom. The van der Waals surface area contributed by atoms with Crippen LogP contribution in [0.3, 0.4) is 0 Å². The number of nitrogens with one attached hydrogen (secondary N) is 4. The molecule has 0 bridgehead atoms. The van der Waals surface area contributed by atoms with E-state index in [4.69, 9.17) is 18.9 Å². The van der Waals surface area contributed by atoms with Gasteiger partial charge in [0.15, 0.2) is 29.2 Å². The van der Waals surface area contributed by atoms with Crippen LogP contribution in [0.25, 0.3) is 0 Å². The number of hydrogen-bond donors (Lipinski definition) is 9. The van der Waals surface area contributed by atoms with Gasteiger partial charge in [-0.3, -0.25) is 33.6 Å². The van der Waals surface area contributed by atoms with E-state index in [0.29, 0.717) is 43.2 Å². The average molecular weight is 1270 g/mol. The first kappa shape index (κ1) is 73.4. The lowest BCUT2D eigenvalue weighted by Gasteiger charge is -2.42. The van der Waals surface area contributed by atoms with Gasteiger partial charge in [-0.25, -0.2) is 4.79 Å². The number of carbonyl (C=O) groups is 8. The summed E-state index contributed by atoms with van der Waals surface area (Å²) in [4.78, 5) is 113. The lowest BCUT2D eigenvalue weighted by Crippen LogP contribution is -2.61. The van der Waals surface area contributed by atoms with Crippen molar-refractivity contribution in [1.29, 1.82) is 0 Å². The fourth-order valence-corrected chi connectivity index (χ4v) is 12.7. The molecule has 2 aromatic carbocycles. The van der Waals surface area contributed by atoms with Crippen molar-refractivity contribution in [2.45, 2.75) is 182 Å². The Kier molecular flexibility index (Phi) is 27.9. The van der Waals surface area contributed by atoms with E-state index < -0.39 is 111 Å². The summed E-state index contributed by atoms with van der Waals surface area (Å²) in [6.45, 7) is 16.7. The molecule has 0 aliphatic carbocycles. The first-order valence-corrected chi connectivity index (χ1v) is 31.7. The van der Waals surface area contributed by atoms with Gasteiger partial charge in [-0.2, -0.15) is 0 Å². The molecule has 2 aromatic heterocycles. The molecule has 4 aromatic rings. The van der Waals surface area contributed by atoms with Gasteiger partial charge in [0, 0.05) is 47.5 Å². The summed E-state index contributed by atoms with van der Waals surface area (Å²) in [6, 6.07) is 14.1. The Hall–Kier alpha value is -7.08. The second-order valence-corrected chi connectivity index (χ2v) is 27.1. The van der Waals surface area contributed by atoms with Crippen molar-refractivity contribution >= 4 is 70.6 Å². The number of esters is 3. The normalized spacial score (nSPS) is 15.2. The fraction of sp³-hybridized carbons (Fsp3) is 0.569. The molecule has 0 spiro atoms. The summed E-state index contributed by atoms with van der Waals surface area (Å²) in [5.74, 6) is -6.78. The van der Waals surface area contributed by atoms with Crippen LogP contribution in [0.1, 0.15) is 154 Å². The molecule has 2 amide bonds. The van der Waals surface area contributed by atoms with Gasteiger partial charge in [-0.05, 0) is 158 Å². The van der Waals surface area contributed by atoms with Gasteiger partial charge in [0.05, 0.1) is 33.9 Å². The summed E-state index contributed by atoms with van der Waals surface area (Å²) < 4.78 is 22.7. The highest BCUT2D eigenvalue weighted by atomic mass is 32.1. The molecule has 6 unspecified atom stereocenters. The first-order valence-electron chi connectivity index (χ1n) is 29.9. The van der Waals surface area contributed by atoms with Gasteiger partial charge < -0.3 is 65.7 Å². The Labute approximate surface area is 524 Å². The molecule has 9 N–H and O–H groups in total. The van der Waals surface area contributed by atoms with Crippen LogP contribution in [0, 0.1) is 21.7 Å². The van der Waals surface area contributed by atoms with Gasteiger partial charge in [0.2, 0.25) is 11.8 Å². The lowest BCUT2D eigenvalue weighted by molar-refractivity contribution is -0.169. The number of phenolic OH excluding ortho intramolecular Hbond substituents is 4. The van der Waals surface area contributed by atoms with Crippen LogP contribution < -0.4 is 21.3 Å². The number of unbranched alkanes of at least 4 members (excludes halogenated alkanes) is 3. The van der Waals surface area contributed by atoms with Crippen molar-refractivity contribution in [3.05, 3.63) is 92.3 Å². The zero-order chi connectivity index (χ0) is 65.5. The zero-order valence-electron chi connectivity index (χ0n) is 52.5. The minimum Gasteiger partial charge on any atom is -0.504 e. The van der Waals surface area contributed by atoms with E-state index in [-0.39, 0.29) is 82.6 Å². The number of carbonyl (C=O) groups excluding carboxylic acids is 7. The van der Waals surface area contributed by atoms with Crippen molar-refractivity contribution in [2.75, 3.05) is 32.9 Å². The van der Waals surface area contributed by atoms with Crippen LogP contribution in [0.5, 0.6) is 23.0 Å². The highest BCUT2D eigenvalue weighted by Crippen LogP contribution is 2.44. The van der Waals surface area contributed by atoms with Crippen LogP contribution in [0.15, 0.2) is 71.4 Å². The van der Waals surface area contributed by atoms with Crippen molar-refractivity contribution in [3.8, 4) is 23.0 Å². The van der Waals surface area contributed by atoms with Crippen molar-refractivity contribution in [3.63, 3.8) is 0 Å². The van der Waals surface area contributed by atoms with E-state index in [1.165, 1.54) is 59.1 Å². The summed E-state index contributed by atoms with van der Waals surface area (Å²) in [5.41, 5.74) is -8.22. The number of hydrogen-bond acceptors (Lipinski definition) is 20. The second kappa shape index (κ2) is 33.5. The number of carboxylic acids is 1. The minimum atomic E-state index is -1.59. The minimum absolute atomic E-state index is 0.0677. The largest absolute Gasteiger partial charge is 0.504 e. The standard InChI is InChI=1S/C65H92N4O17S2/c1-11-13-15-20-52(75)62(7,40-64(9,66-27-25-45-18-16-32-87-45)55(78)68-47(54(76)77)34-43-21-23-48(71)50(73)35-43)38-60(3,4)57(80)84-30-31-85-58(81)61(5,6)39-63(8,59(82)83-29-14-12-2)41-65(10,67-28-26-46-19-17-33-88-46)56(79)69-53(86-42-70)37-44-22-24-49(72)51(74)36-44/h16-19,21-24,32-33,35-36,42,47,53,66-67,71-74H,11-15,20,25-31,34,37-41H2,1-10H3,(H,68,78)(H,69,79)(H,76,77). The predicted molar refractivity (Wildman–Crippen MR) is 334 cm³/mol. The SMILES string of the molecule is CCCCCC(=O)C(C)(CC(C)(C)C(=O)OCCOC(=O)C(C)(C)CC(C)(CC(C)(NCCc1cccs1)C(=O)NC(Cc1ccc(O)c(O)c1)OC=O)C(=O)OCCCC)CC(C)(NCCc1cccs1)C(=O)NC(Cc1ccc(O)c(O)c1)C(=O)O. The van der Waals surface area contributed by atoms with Crippen molar-refractivity contribution in [2.24, 2.45) is 21.7 Å². The van der Waals surface area contributed by atoms with Crippen LogP contribution in [-0.4, -0.2) is 130 Å². The molecule has 0 radical (unpaired) electrons. The maximum Gasteiger partial charge on any atom is 0.326 e. The van der Waals surface area contributed by atoms with Crippen LogP contribution >= 0.6 is 22.7 Å². The zero-order valence-corrected chi connectivity index (χ0v) is 54.2. The molecule has 0 aliphatic rings. The molecule has 0 fully saturated rings. The predicted octanol–water partition coefficient (Wildman–Crippen LogP) is 8.99. The number of aliphatic carboxylic acids is 1. The second-order valence-electron chi connectivity index (χ2n) is 25.0. The molecule has 88 heavy (non-hydrogen) atoms. The van der Waals surface area contributed by atoms with Gasteiger partial charge in [-0.1, -0.05) is 64.3 Å². The molecular weight excluding hydrogens is 1170 g/mol. The number of rotatable bonds is 41. The maximum absolute atomic E-state index is 14.7. The molecule has 4 rings (SSSR count). The van der Waals surface area contributed by atoms with E-state index in [1.807, 2.05) is 48.9 Å². The van der Waals surface area contributed by atoms with Crippen molar-refractivity contribution < 1.29 is 82.8 Å². The fourth-order valence-electron chi connectivity index (χ4n) is 11.2. The Bertz CT molecular complexity index is 2950. The van der Waals surface area contributed by atoms with Crippen LogP contribution in [0.4, 0.5) is 0 Å². The number of ketones is 1. The van der Waals surface area contributed by atoms with Crippen molar-refractivity contribution in [1.82, 2.24) is 21.3 Å². The van der Waals surface area contributed by atoms with E-state index in [1.54, 1.807) is 55.4 Å². The smallest absolute Gasteiger partial charge is 0.326 e. The number of ether oxygens (including phenoxy) is 4. The Morgan fingerprint density at radius 2 is 1.02 bits per heavy atom. The number of carboxylic acid groups (broad SMARTS) is 1. The third-order valence-electron chi connectivity index (χ3n) is 15.7. The Balaban J connectivity index is 1.56. The number of aromatic hydroxyl groups is 4. The van der Waals surface area contributed by atoms with Gasteiger partial charge in [-0.15, -0.1) is 22.7 Å². The monoisotopic (exact) mass is 1260 g/mol. The van der Waals surface area contributed by atoms with Crippen LogP contribution in [0.2, 0.25) is 0 Å². The quantitative estimate of drug-likeness (QED) is 0.00500. The van der Waals surface area contributed by atoms with E-state index in [2.05, 4.69) is 21.3 Å². The molecule has 21 nitrogen and oxygen atoms in total. The van der Waals surface area contributed by atoms with Gasteiger partial charge in [0.25, 0.3) is 6.47 Å². The molecule has 0 saturated heterocycles. The molecule has 6 atom stereocenters. The number of benzene rings is 2. The van der Waals surface area contributed by atoms with E-state index >= 15 is 0 Å². The lowest BCUT2D eigenvalue weighted by atomic mass is 9.65. The van der Waals surface area contributed by atoms with Crippen LogP contribution in [-0.2, 0) is 83.0 Å². The molecule has 23 heteroatoms. The highest BCUT2D eigenvalue weighted by Gasteiger charge is 2.51. The summed E-state index contributed by atoms with van der Waals surface area (Å²) in [7, 11) is 0. The maximum atomic E-state index is 14.7. The van der Waals surface area contributed by atoms with E-state index in [0.717, 1.165) is 22.6 Å². The molecular formula is C65H92N4O17S2. The summed E-state index contributed by atoms with van der Waals surface area (Å²) >= 11 is 3.05. The van der Waals surface area contributed by atoms with E-state index in [9.17, 15) is 63.9 Å². The average Bonchev–Trinajstić information content (AvgIpc) is 3.60. The highest BCUT2D eigenvalue weighted by molar-refractivity contribution is 7.10. The number of Topliss-reactive ketones (excluding diaryl/α,β-unsaturated/α-hetero) is 1. The first-order chi connectivity index (χ1) is 41.3. The summed E-state index contributed by atoms with van der Waals surface area (Å²) in [6.07, 6.45) is 2.21. The number of phenols is 4.